The predicted octanol–water partition coefficient (Wildman–Crippen LogP) is 4.12. The third kappa shape index (κ3) is 4.81. The van der Waals surface area contributed by atoms with Crippen LogP contribution in [0.15, 0.2) is 73.3 Å². The summed E-state index contributed by atoms with van der Waals surface area (Å²) in [6, 6.07) is 16.4. The molecular formula is C27H28N4O2. The highest BCUT2D eigenvalue weighted by molar-refractivity contribution is 5.95. The average molecular weight is 441 g/mol. The first-order chi connectivity index (χ1) is 16.2. The molecule has 1 amide bonds. The van der Waals surface area contributed by atoms with Gasteiger partial charge in [-0.2, -0.15) is 0 Å². The lowest BCUT2D eigenvalue weighted by atomic mass is 9.97. The minimum Gasteiger partial charge on any atom is -0.379 e. The first-order valence-corrected chi connectivity index (χ1v) is 11.4. The number of benzene rings is 2. The molecule has 6 heteroatoms. The second-order valence-corrected chi connectivity index (χ2v) is 8.71. The van der Waals surface area contributed by atoms with Gasteiger partial charge in [-0.15, -0.1) is 0 Å². The van der Waals surface area contributed by atoms with Crippen LogP contribution >= 0.6 is 0 Å². The third-order valence-electron chi connectivity index (χ3n) is 6.37. The number of amides is 1. The molecule has 0 unspecified atom stereocenters. The zero-order valence-electron chi connectivity index (χ0n) is 18.9. The van der Waals surface area contributed by atoms with E-state index in [2.05, 4.69) is 32.7 Å². The molecule has 1 saturated heterocycles. The highest BCUT2D eigenvalue weighted by Gasteiger charge is 2.25. The number of nitrogens with zero attached hydrogens (tertiary/aromatic N) is 4. The quantitative estimate of drug-likeness (QED) is 0.468. The summed E-state index contributed by atoms with van der Waals surface area (Å²) in [5, 5.41) is 2.33. The van der Waals surface area contributed by atoms with Crippen LogP contribution in [0.25, 0.3) is 10.8 Å². The van der Waals surface area contributed by atoms with Gasteiger partial charge >= 0.3 is 0 Å². The van der Waals surface area contributed by atoms with Gasteiger partial charge in [-0.25, -0.2) is 4.98 Å². The lowest BCUT2D eigenvalue weighted by Crippen LogP contribution is -2.37. The van der Waals surface area contributed by atoms with E-state index < -0.39 is 0 Å². The van der Waals surface area contributed by atoms with Crippen LogP contribution in [0.5, 0.6) is 0 Å². The summed E-state index contributed by atoms with van der Waals surface area (Å²) in [5.41, 5.74) is 3.02. The molecule has 0 spiro atoms. The number of carbonyl (C=O) groups is 1. The number of hydrogen-bond acceptors (Lipinski definition) is 4. The van der Waals surface area contributed by atoms with E-state index in [1.54, 1.807) is 6.20 Å². The van der Waals surface area contributed by atoms with Crippen molar-refractivity contribution < 1.29 is 9.53 Å². The number of carbonyl (C=O) groups excluding carboxylic acids is 1. The summed E-state index contributed by atoms with van der Waals surface area (Å²) >= 11 is 0. The first kappa shape index (κ1) is 21.3. The molecule has 6 nitrogen and oxygen atoms in total. The maximum absolute atomic E-state index is 13.6. The highest BCUT2D eigenvalue weighted by Crippen LogP contribution is 2.21. The zero-order chi connectivity index (χ0) is 22.6. The number of imidazole rings is 1. The molecule has 0 radical (unpaired) electrons. The molecule has 0 saturated carbocycles. The molecule has 33 heavy (non-hydrogen) atoms. The Morgan fingerprint density at radius 1 is 1.12 bits per heavy atom. The summed E-state index contributed by atoms with van der Waals surface area (Å²) in [7, 11) is 0. The largest absolute Gasteiger partial charge is 0.379 e. The third-order valence-corrected chi connectivity index (χ3v) is 6.37. The Bertz CT molecular complexity index is 1270. The van der Waals surface area contributed by atoms with Crippen LogP contribution in [0, 0.1) is 12.8 Å². The van der Waals surface area contributed by atoms with Gasteiger partial charge in [-0.3, -0.25) is 9.78 Å². The van der Waals surface area contributed by atoms with Crippen molar-refractivity contribution >= 4 is 16.7 Å². The zero-order valence-corrected chi connectivity index (χ0v) is 18.9. The van der Waals surface area contributed by atoms with Crippen LogP contribution in [-0.4, -0.2) is 51.6 Å². The Hall–Kier alpha value is -3.51. The number of fused-ring (bicyclic) bond motifs is 1. The lowest BCUT2D eigenvalue weighted by Gasteiger charge is -2.25. The summed E-state index contributed by atoms with van der Waals surface area (Å²) in [6.45, 7) is 5.13. The van der Waals surface area contributed by atoms with Crippen molar-refractivity contribution in [1.82, 2.24) is 19.4 Å². The fourth-order valence-electron chi connectivity index (χ4n) is 4.57. The number of rotatable bonds is 5. The topological polar surface area (TPSA) is 60.2 Å². The number of ether oxygens (including phenoxy) is 1. The molecule has 2 aromatic heterocycles. The van der Waals surface area contributed by atoms with E-state index in [1.165, 1.54) is 10.9 Å². The molecule has 1 aliphatic rings. The maximum atomic E-state index is 13.6. The Kier molecular flexibility index (Phi) is 6.17. The normalized spacial score (nSPS) is 16.6. The maximum Gasteiger partial charge on any atom is 0.254 e. The molecule has 0 N–H and O–H groups in total. The van der Waals surface area contributed by atoms with Gasteiger partial charge in [0, 0.05) is 61.3 Å². The molecule has 1 fully saturated rings. The van der Waals surface area contributed by atoms with E-state index in [4.69, 9.17) is 4.74 Å². The predicted molar refractivity (Wildman–Crippen MR) is 128 cm³/mol. The van der Waals surface area contributed by atoms with Gasteiger partial charge < -0.3 is 14.2 Å². The van der Waals surface area contributed by atoms with E-state index in [0.717, 1.165) is 28.8 Å². The molecule has 0 aliphatic carbocycles. The molecule has 0 bridgehead atoms. The second kappa shape index (κ2) is 9.55. The molecule has 2 aromatic carbocycles. The van der Waals surface area contributed by atoms with Crippen LogP contribution in [0.1, 0.15) is 27.3 Å². The van der Waals surface area contributed by atoms with E-state index >= 15 is 0 Å². The van der Waals surface area contributed by atoms with Gasteiger partial charge in [0.1, 0.15) is 5.82 Å². The van der Waals surface area contributed by atoms with Crippen LogP contribution < -0.4 is 0 Å². The van der Waals surface area contributed by atoms with Crippen molar-refractivity contribution in [3.05, 3.63) is 95.8 Å². The molecule has 1 aliphatic heterocycles. The van der Waals surface area contributed by atoms with Crippen LogP contribution in [0.3, 0.4) is 0 Å². The van der Waals surface area contributed by atoms with Crippen molar-refractivity contribution in [2.24, 2.45) is 5.92 Å². The van der Waals surface area contributed by atoms with Gasteiger partial charge in [0.15, 0.2) is 0 Å². The second-order valence-electron chi connectivity index (χ2n) is 8.71. The minimum atomic E-state index is 0.0726. The number of pyridine rings is 1. The Morgan fingerprint density at radius 3 is 2.91 bits per heavy atom. The molecule has 3 heterocycles. The van der Waals surface area contributed by atoms with Gasteiger partial charge in [0.05, 0.1) is 13.2 Å². The van der Waals surface area contributed by atoms with Crippen molar-refractivity contribution in [3.63, 3.8) is 0 Å². The number of aromatic nitrogens is 3. The van der Waals surface area contributed by atoms with Crippen molar-refractivity contribution in [2.45, 2.75) is 19.9 Å². The molecule has 5 rings (SSSR count). The van der Waals surface area contributed by atoms with Crippen LogP contribution in [0.4, 0.5) is 0 Å². The van der Waals surface area contributed by atoms with Crippen molar-refractivity contribution in [1.29, 1.82) is 0 Å². The molecule has 1 atom stereocenters. The molecule has 4 aromatic rings. The standard InChI is InChI=1S/C27H28N4O2/c1-20-29-10-11-30(20)18-25-4-2-3-5-26(25)27(32)31-12-13-33-19-22(17-31)14-21-6-7-24-16-28-9-8-23(24)15-21/h2-11,15-16,22H,12-14,17-19H2,1H3/t22-/m0/s1. The molecule has 168 valence electrons. The van der Waals surface area contributed by atoms with E-state index in [0.29, 0.717) is 32.8 Å². The number of aryl methyl sites for hydroxylation is 1. The monoisotopic (exact) mass is 440 g/mol. The van der Waals surface area contributed by atoms with Crippen LogP contribution in [0.2, 0.25) is 0 Å². The lowest BCUT2D eigenvalue weighted by molar-refractivity contribution is 0.0736. The van der Waals surface area contributed by atoms with Crippen molar-refractivity contribution in [3.8, 4) is 0 Å². The molecular weight excluding hydrogens is 412 g/mol. The SMILES string of the molecule is Cc1nccn1Cc1ccccc1C(=O)N1CCOC[C@@H](Cc2ccc3cnccc3c2)C1. The number of hydrogen-bond donors (Lipinski definition) is 0. The summed E-state index contributed by atoms with van der Waals surface area (Å²) in [5.74, 6) is 1.26. The van der Waals surface area contributed by atoms with Crippen LogP contribution in [-0.2, 0) is 17.7 Å². The Morgan fingerprint density at radius 2 is 2.03 bits per heavy atom. The van der Waals surface area contributed by atoms with E-state index in [1.807, 2.05) is 60.7 Å². The fraction of sp³-hybridized carbons (Fsp3) is 0.296. The van der Waals surface area contributed by atoms with E-state index in [-0.39, 0.29) is 11.8 Å². The van der Waals surface area contributed by atoms with Gasteiger partial charge in [0.2, 0.25) is 0 Å². The summed E-state index contributed by atoms with van der Waals surface area (Å²) in [4.78, 5) is 24.1. The highest BCUT2D eigenvalue weighted by atomic mass is 16.5. The van der Waals surface area contributed by atoms with Gasteiger partial charge in [-0.1, -0.05) is 36.4 Å². The fourth-order valence-corrected chi connectivity index (χ4v) is 4.57. The Labute approximate surface area is 193 Å². The van der Waals surface area contributed by atoms with Gasteiger partial charge in [0.25, 0.3) is 5.91 Å². The summed E-state index contributed by atoms with van der Waals surface area (Å²) in [6.07, 6.45) is 8.32. The average Bonchev–Trinajstić information content (AvgIpc) is 3.10. The summed E-state index contributed by atoms with van der Waals surface area (Å²) < 4.78 is 7.96. The van der Waals surface area contributed by atoms with Gasteiger partial charge in [-0.05, 0) is 42.0 Å². The van der Waals surface area contributed by atoms with Crippen molar-refractivity contribution in [2.75, 3.05) is 26.3 Å². The Balaban J connectivity index is 1.33. The smallest absolute Gasteiger partial charge is 0.254 e. The van der Waals surface area contributed by atoms with E-state index in [9.17, 15) is 4.79 Å². The minimum absolute atomic E-state index is 0.0726. The first-order valence-electron chi connectivity index (χ1n) is 11.4.